The molecule has 0 spiro atoms. The van der Waals surface area contributed by atoms with Crippen molar-refractivity contribution >= 4 is 51.7 Å². The molecule has 3 rings (SSSR count). The number of Topliss-reactive ketones (excluding diaryl/α,β-unsaturated/α-hetero) is 1. The van der Waals surface area contributed by atoms with Gasteiger partial charge in [-0.25, -0.2) is 4.98 Å². The number of aromatic nitrogens is 1. The van der Waals surface area contributed by atoms with Crippen molar-refractivity contribution in [2.75, 3.05) is 13.2 Å². The lowest BCUT2D eigenvalue weighted by molar-refractivity contribution is -0.141. The molecule has 0 aliphatic carbocycles. The third-order valence-electron chi connectivity index (χ3n) is 3.69. The van der Waals surface area contributed by atoms with Crippen LogP contribution in [0.25, 0.3) is 10.6 Å². The third-order valence-corrected chi connectivity index (χ3v) is 6.50. The van der Waals surface area contributed by atoms with Gasteiger partial charge in [0.1, 0.15) is 5.01 Å². The van der Waals surface area contributed by atoms with Crippen LogP contribution < -0.4 is 5.32 Å². The maximum absolute atomic E-state index is 12.2. The van der Waals surface area contributed by atoms with Crippen LogP contribution in [-0.2, 0) is 27.2 Å². The van der Waals surface area contributed by atoms with Gasteiger partial charge in [-0.05, 0) is 30.0 Å². The number of nitrogens with zero attached hydrogens (tertiary/aromatic N) is 1. The molecule has 1 N–H and O–H groups in total. The van der Waals surface area contributed by atoms with Crippen LogP contribution in [0.1, 0.15) is 27.2 Å². The first-order chi connectivity index (χ1) is 13.5. The quantitative estimate of drug-likeness (QED) is 0.411. The van der Waals surface area contributed by atoms with Crippen molar-refractivity contribution in [1.29, 1.82) is 0 Å². The maximum Gasteiger partial charge on any atom is 0.312 e. The minimum atomic E-state index is -0.474. The fourth-order valence-corrected chi connectivity index (χ4v) is 4.81. The molecule has 3 aromatic heterocycles. The number of nitrogens with one attached hydrogen (secondary N) is 1. The number of thiazole rings is 1. The number of carbonyl (C=O) groups excluding carboxylic acids is 3. The smallest absolute Gasteiger partial charge is 0.312 e. The van der Waals surface area contributed by atoms with E-state index in [0.29, 0.717) is 23.5 Å². The topological polar surface area (TPSA) is 85.4 Å². The van der Waals surface area contributed by atoms with Crippen LogP contribution in [0.15, 0.2) is 34.3 Å². The average Bonchev–Trinajstić information content (AvgIpc) is 3.40. The van der Waals surface area contributed by atoms with Crippen LogP contribution in [0.4, 0.5) is 0 Å². The number of amides is 1. The largest absolute Gasteiger partial charge is 0.457 e. The molecule has 6 nitrogen and oxygen atoms in total. The molecule has 0 aliphatic heterocycles. The second-order valence-corrected chi connectivity index (χ2v) is 8.72. The van der Waals surface area contributed by atoms with Gasteiger partial charge in [0.2, 0.25) is 11.7 Å². The molecule has 0 bridgehead atoms. The van der Waals surface area contributed by atoms with Gasteiger partial charge < -0.3 is 10.1 Å². The molecule has 0 radical (unpaired) electrons. The number of esters is 1. The molecule has 0 saturated carbocycles. The number of carbonyl (C=O) groups is 3. The number of thiophene rings is 2. The number of ketones is 1. The van der Waals surface area contributed by atoms with Gasteiger partial charge >= 0.3 is 5.97 Å². The van der Waals surface area contributed by atoms with E-state index in [-0.39, 0.29) is 24.7 Å². The molecule has 0 atom stereocenters. The van der Waals surface area contributed by atoms with Crippen molar-refractivity contribution in [3.05, 3.63) is 49.8 Å². The molecule has 9 heteroatoms. The normalized spacial score (nSPS) is 10.6. The van der Waals surface area contributed by atoms with E-state index >= 15 is 0 Å². The maximum atomic E-state index is 12.2. The average molecular weight is 435 g/mol. The Morgan fingerprint density at radius 1 is 1.18 bits per heavy atom. The highest BCUT2D eigenvalue weighted by Gasteiger charge is 2.14. The van der Waals surface area contributed by atoms with Gasteiger partial charge in [0.05, 0.1) is 17.0 Å². The number of ether oxygens (including phenoxy) is 1. The summed E-state index contributed by atoms with van der Waals surface area (Å²) in [6.07, 6.45) is 0.702. The molecule has 0 unspecified atom stereocenters. The molecule has 0 aromatic carbocycles. The summed E-state index contributed by atoms with van der Waals surface area (Å²) in [5.74, 6) is -0.790. The van der Waals surface area contributed by atoms with E-state index < -0.39 is 5.97 Å². The Balaban J connectivity index is 1.45. The zero-order chi connectivity index (χ0) is 19.9. The lowest BCUT2D eigenvalue weighted by atomic mass is 10.3. The highest BCUT2D eigenvalue weighted by atomic mass is 32.1. The summed E-state index contributed by atoms with van der Waals surface area (Å²) in [7, 11) is 0. The summed E-state index contributed by atoms with van der Waals surface area (Å²) in [5.41, 5.74) is 1.68. The minimum Gasteiger partial charge on any atom is -0.457 e. The van der Waals surface area contributed by atoms with E-state index in [1.807, 2.05) is 28.3 Å². The van der Waals surface area contributed by atoms with E-state index in [1.165, 1.54) is 29.6 Å². The Morgan fingerprint density at radius 3 is 2.79 bits per heavy atom. The summed E-state index contributed by atoms with van der Waals surface area (Å²) in [4.78, 5) is 41.1. The molecule has 1 amide bonds. The molecule has 146 valence electrons. The number of hydrogen-bond donors (Lipinski definition) is 1. The van der Waals surface area contributed by atoms with Gasteiger partial charge in [0.15, 0.2) is 6.61 Å². The molecule has 3 heterocycles. The van der Waals surface area contributed by atoms with Gasteiger partial charge in [0, 0.05) is 34.7 Å². The lowest BCUT2D eigenvalue weighted by Crippen LogP contribution is -2.22. The molecule has 3 aromatic rings. The van der Waals surface area contributed by atoms with Crippen LogP contribution in [0.3, 0.4) is 0 Å². The predicted octanol–water partition coefficient (Wildman–Crippen LogP) is 3.58. The van der Waals surface area contributed by atoms with Crippen LogP contribution >= 0.6 is 34.0 Å². The van der Waals surface area contributed by atoms with Crippen molar-refractivity contribution < 1.29 is 19.1 Å². The first-order valence-electron chi connectivity index (χ1n) is 8.50. The third kappa shape index (κ3) is 5.82. The minimum absolute atomic E-state index is 0.0420. The summed E-state index contributed by atoms with van der Waals surface area (Å²) in [5, 5.41) is 9.39. The molecular formula is C19H18N2O4S3. The van der Waals surface area contributed by atoms with E-state index in [9.17, 15) is 14.4 Å². The van der Waals surface area contributed by atoms with Gasteiger partial charge in [0.25, 0.3) is 0 Å². The van der Waals surface area contributed by atoms with Crippen molar-refractivity contribution in [3.8, 4) is 10.6 Å². The van der Waals surface area contributed by atoms with E-state index in [4.69, 9.17) is 4.74 Å². The highest BCUT2D eigenvalue weighted by Crippen LogP contribution is 2.26. The van der Waals surface area contributed by atoms with Crippen molar-refractivity contribution in [1.82, 2.24) is 10.3 Å². The number of hydrogen-bond acceptors (Lipinski definition) is 8. The Hall–Kier alpha value is -2.36. The fraction of sp³-hybridized carbons (Fsp3) is 0.263. The fourth-order valence-electron chi connectivity index (χ4n) is 2.35. The van der Waals surface area contributed by atoms with Gasteiger partial charge in [-0.2, -0.15) is 11.3 Å². The zero-order valence-electron chi connectivity index (χ0n) is 15.1. The second-order valence-electron chi connectivity index (χ2n) is 5.92. The van der Waals surface area contributed by atoms with Crippen molar-refractivity contribution in [2.45, 2.75) is 19.8 Å². The second kappa shape index (κ2) is 9.72. The van der Waals surface area contributed by atoms with Crippen LogP contribution in [0, 0.1) is 0 Å². The van der Waals surface area contributed by atoms with E-state index in [2.05, 4.69) is 10.3 Å². The monoisotopic (exact) mass is 434 g/mol. The molecule has 28 heavy (non-hydrogen) atoms. The predicted molar refractivity (Wildman–Crippen MR) is 111 cm³/mol. The Labute approximate surface area is 174 Å². The van der Waals surface area contributed by atoms with Crippen molar-refractivity contribution in [3.63, 3.8) is 0 Å². The molecule has 0 fully saturated rings. The summed E-state index contributed by atoms with van der Waals surface area (Å²) in [6.45, 7) is 1.71. The van der Waals surface area contributed by atoms with Crippen LogP contribution in [-0.4, -0.2) is 35.8 Å². The highest BCUT2D eigenvalue weighted by molar-refractivity contribution is 7.14. The van der Waals surface area contributed by atoms with Gasteiger partial charge in [-0.3, -0.25) is 14.4 Å². The molecular weight excluding hydrogens is 416 g/mol. The summed E-state index contributed by atoms with van der Waals surface area (Å²) < 4.78 is 5.11. The van der Waals surface area contributed by atoms with Crippen LogP contribution in [0.2, 0.25) is 0 Å². The molecule has 0 aliphatic rings. The lowest BCUT2D eigenvalue weighted by Gasteiger charge is -2.02. The van der Waals surface area contributed by atoms with E-state index in [0.717, 1.165) is 15.4 Å². The Bertz CT molecular complexity index is 960. The summed E-state index contributed by atoms with van der Waals surface area (Å²) in [6, 6.07) is 5.55. The summed E-state index contributed by atoms with van der Waals surface area (Å²) >= 11 is 4.42. The van der Waals surface area contributed by atoms with E-state index in [1.54, 1.807) is 17.4 Å². The zero-order valence-corrected chi connectivity index (χ0v) is 17.5. The van der Waals surface area contributed by atoms with Gasteiger partial charge in [-0.1, -0.05) is 0 Å². The SMILES string of the molecule is CC(=O)NCCc1ccc(C(=O)COC(=O)Cc2csc(-c3ccsc3)n2)s1. The van der Waals surface area contributed by atoms with Crippen molar-refractivity contribution in [2.24, 2.45) is 0 Å². The number of rotatable bonds is 9. The Kier molecular flexibility index (Phi) is 7.07. The van der Waals surface area contributed by atoms with Gasteiger partial charge in [-0.15, -0.1) is 22.7 Å². The standard InChI is InChI=1S/C19H18N2O4S3/c1-12(22)20-6-4-15-2-3-17(28-15)16(23)9-25-18(24)8-14-11-27-19(21-14)13-5-7-26-10-13/h2-3,5,7,10-11H,4,6,8-9H2,1H3,(H,20,22). The first-order valence-corrected chi connectivity index (χ1v) is 11.1. The Morgan fingerprint density at radius 2 is 2.04 bits per heavy atom. The molecule has 0 saturated heterocycles. The first kappa shape index (κ1) is 20.4. The van der Waals surface area contributed by atoms with Crippen LogP contribution in [0.5, 0.6) is 0 Å².